The maximum atomic E-state index is 12.8. The molecule has 5 nitrogen and oxygen atoms in total. The summed E-state index contributed by atoms with van der Waals surface area (Å²) in [6.45, 7) is 3.05. The Kier molecular flexibility index (Phi) is 6.35. The minimum atomic E-state index is -0.227. The van der Waals surface area contributed by atoms with Gasteiger partial charge >= 0.3 is 6.03 Å². The van der Waals surface area contributed by atoms with Crippen molar-refractivity contribution in [1.29, 1.82) is 0 Å². The van der Waals surface area contributed by atoms with E-state index in [0.29, 0.717) is 18.2 Å². The lowest BCUT2D eigenvalue weighted by Gasteiger charge is -2.15. The van der Waals surface area contributed by atoms with Crippen LogP contribution in [0.1, 0.15) is 17.5 Å². The number of aryl methyl sites for hydroxylation is 1. The number of hydrazone groups is 1. The standard InChI is InChI=1S/C23H22ClN3O2S/c1-16-13-21(30-15-16)25-23(28)27-14-18(11-12-29-20-5-3-2-4-6-20)22(26-27)17-7-9-19(24)10-8-17/h2-10,13,15,18H,11-12,14H2,1H3,(H,25,28). The van der Waals surface area contributed by atoms with Crippen LogP contribution in [-0.4, -0.2) is 29.9 Å². The first-order valence-electron chi connectivity index (χ1n) is 9.74. The number of amides is 2. The fourth-order valence-corrected chi connectivity index (χ4v) is 4.23. The summed E-state index contributed by atoms with van der Waals surface area (Å²) in [6, 6.07) is 19.0. The second-order valence-corrected chi connectivity index (χ2v) is 8.49. The van der Waals surface area contributed by atoms with Crippen LogP contribution in [0.4, 0.5) is 9.80 Å². The minimum Gasteiger partial charge on any atom is -0.494 e. The summed E-state index contributed by atoms with van der Waals surface area (Å²) in [5, 5.41) is 12.6. The van der Waals surface area contributed by atoms with Gasteiger partial charge in [0.1, 0.15) is 5.75 Å². The van der Waals surface area contributed by atoms with E-state index < -0.39 is 0 Å². The molecule has 1 N–H and O–H groups in total. The zero-order valence-electron chi connectivity index (χ0n) is 16.5. The van der Waals surface area contributed by atoms with Crippen molar-refractivity contribution in [1.82, 2.24) is 5.01 Å². The number of carbonyl (C=O) groups excluding carboxylic acids is 1. The number of nitrogens with one attached hydrogen (secondary N) is 1. The lowest BCUT2D eigenvalue weighted by atomic mass is 9.95. The van der Waals surface area contributed by atoms with E-state index in [1.165, 1.54) is 16.3 Å². The Labute approximate surface area is 184 Å². The molecule has 0 fully saturated rings. The summed E-state index contributed by atoms with van der Waals surface area (Å²) in [6.07, 6.45) is 0.748. The molecule has 30 heavy (non-hydrogen) atoms. The third kappa shape index (κ3) is 5.01. The Balaban J connectivity index is 1.47. The normalized spacial score (nSPS) is 15.7. The van der Waals surface area contributed by atoms with Crippen LogP contribution in [0.15, 0.2) is 71.1 Å². The van der Waals surface area contributed by atoms with Gasteiger partial charge in [-0.2, -0.15) is 5.10 Å². The molecule has 4 rings (SSSR count). The quantitative estimate of drug-likeness (QED) is 0.508. The van der Waals surface area contributed by atoms with Crippen molar-refractivity contribution < 1.29 is 9.53 Å². The lowest BCUT2D eigenvalue weighted by molar-refractivity contribution is 0.212. The molecule has 7 heteroatoms. The number of anilines is 1. The average molecular weight is 440 g/mol. The van der Waals surface area contributed by atoms with E-state index >= 15 is 0 Å². The van der Waals surface area contributed by atoms with Crippen molar-refractivity contribution in [2.75, 3.05) is 18.5 Å². The minimum absolute atomic E-state index is 0.0747. The molecule has 3 aromatic rings. The van der Waals surface area contributed by atoms with Gasteiger partial charge in [0.15, 0.2) is 0 Å². The molecule has 1 atom stereocenters. The molecule has 2 aromatic carbocycles. The molecule has 154 valence electrons. The number of ether oxygens (including phenoxy) is 1. The van der Waals surface area contributed by atoms with Crippen LogP contribution in [0, 0.1) is 12.8 Å². The van der Waals surface area contributed by atoms with E-state index in [2.05, 4.69) is 10.4 Å². The highest BCUT2D eigenvalue weighted by Crippen LogP contribution is 2.26. The van der Waals surface area contributed by atoms with Gasteiger partial charge in [0, 0.05) is 10.9 Å². The topological polar surface area (TPSA) is 53.9 Å². The summed E-state index contributed by atoms with van der Waals surface area (Å²) in [5.41, 5.74) is 2.96. The average Bonchev–Trinajstić information content (AvgIpc) is 3.36. The van der Waals surface area contributed by atoms with Gasteiger partial charge < -0.3 is 4.74 Å². The van der Waals surface area contributed by atoms with Crippen LogP contribution in [0.5, 0.6) is 5.75 Å². The number of nitrogens with zero attached hydrogens (tertiary/aromatic N) is 2. The molecule has 0 aliphatic carbocycles. The number of halogens is 1. The number of hydrogen-bond donors (Lipinski definition) is 1. The SMILES string of the molecule is Cc1csc(NC(=O)N2CC(CCOc3ccccc3)C(c3ccc(Cl)cc3)=N2)c1. The van der Waals surface area contributed by atoms with Gasteiger partial charge in [-0.3, -0.25) is 5.32 Å². The molecule has 0 spiro atoms. The van der Waals surface area contributed by atoms with Gasteiger partial charge in [0.2, 0.25) is 0 Å². The van der Waals surface area contributed by atoms with Crippen molar-refractivity contribution >= 4 is 39.7 Å². The number of thiophene rings is 1. The Morgan fingerprint density at radius 2 is 2.00 bits per heavy atom. The molecule has 1 unspecified atom stereocenters. The van der Waals surface area contributed by atoms with Gasteiger partial charge in [-0.15, -0.1) is 11.3 Å². The van der Waals surface area contributed by atoms with Crippen molar-refractivity contribution in [3.63, 3.8) is 0 Å². The van der Waals surface area contributed by atoms with E-state index in [-0.39, 0.29) is 11.9 Å². The van der Waals surface area contributed by atoms with Gasteiger partial charge in [0.05, 0.1) is 23.9 Å². The zero-order valence-corrected chi connectivity index (χ0v) is 18.1. The Hall–Kier alpha value is -2.83. The second-order valence-electron chi connectivity index (χ2n) is 7.14. The van der Waals surface area contributed by atoms with Crippen molar-refractivity contribution in [2.24, 2.45) is 11.0 Å². The Morgan fingerprint density at radius 3 is 2.70 bits per heavy atom. The molecule has 0 saturated heterocycles. The smallest absolute Gasteiger partial charge is 0.342 e. The molecular formula is C23H22ClN3O2S. The largest absolute Gasteiger partial charge is 0.494 e. The molecule has 1 aromatic heterocycles. The summed E-state index contributed by atoms with van der Waals surface area (Å²) in [5.74, 6) is 0.911. The highest BCUT2D eigenvalue weighted by Gasteiger charge is 2.31. The molecule has 0 radical (unpaired) electrons. The van der Waals surface area contributed by atoms with Crippen LogP contribution in [0.2, 0.25) is 5.02 Å². The predicted octanol–water partition coefficient (Wildman–Crippen LogP) is 6.05. The molecule has 1 aliphatic rings. The van der Waals surface area contributed by atoms with Crippen LogP contribution >= 0.6 is 22.9 Å². The molecule has 0 saturated carbocycles. The third-order valence-electron chi connectivity index (χ3n) is 4.82. The fourth-order valence-electron chi connectivity index (χ4n) is 3.32. The first kappa shape index (κ1) is 20.4. The Morgan fingerprint density at radius 1 is 1.23 bits per heavy atom. The number of carbonyl (C=O) groups is 1. The lowest BCUT2D eigenvalue weighted by Crippen LogP contribution is -2.30. The van der Waals surface area contributed by atoms with Crippen LogP contribution in [-0.2, 0) is 0 Å². The van der Waals surface area contributed by atoms with Crippen molar-refractivity contribution in [2.45, 2.75) is 13.3 Å². The van der Waals surface area contributed by atoms with E-state index in [4.69, 9.17) is 16.3 Å². The van der Waals surface area contributed by atoms with E-state index in [1.807, 2.05) is 73.0 Å². The maximum absolute atomic E-state index is 12.8. The molecule has 0 bridgehead atoms. The zero-order chi connectivity index (χ0) is 20.9. The van der Waals surface area contributed by atoms with Gasteiger partial charge in [-0.05, 0) is 60.2 Å². The monoisotopic (exact) mass is 439 g/mol. The van der Waals surface area contributed by atoms with Crippen LogP contribution in [0.25, 0.3) is 0 Å². The van der Waals surface area contributed by atoms with E-state index in [9.17, 15) is 4.79 Å². The third-order valence-corrected chi connectivity index (χ3v) is 6.04. The number of urea groups is 1. The number of benzene rings is 2. The first-order chi connectivity index (χ1) is 14.6. The highest BCUT2D eigenvalue weighted by molar-refractivity contribution is 7.14. The Bertz CT molecular complexity index is 1030. The fraction of sp³-hybridized carbons (Fsp3) is 0.217. The van der Waals surface area contributed by atoms with Gasteiger partial charge in [-0.25, -0.2) is 9.80 Å². The van der Waals surface area contributed by atoms with E-state index in [0.717, 1.165) is 34.0 Å². The maximum Gasteiger partial charge on any atom is 0.342 e. The first-order valence-corrected chi connectivity index (χ1v) is 11.0. The molecule has 2 heterocycles. The van der Waals surface area contributed by atoms with E-state index in [1.54, 1.807) is 0 Å². The summed E-state index contributed by atoms with van der Waals surface area (Å²) < 4.78 is 5.87. The summed E-state index contributed by atoms with van der Waals surface area (Å²) in [7, 11) is 0. The van der Waals surface area contributed by atoms with Crippen LogP contribution < -0.4 is 10.1 Å². The van der Waals surface area contributed by atoms with Gasteiger partial charge in [-0.1, -0.05) is 41.9 Å². The number of hydrogen-bond acceptors (Lipinski definition) is 4. The molecular weight excluding hydrogens is 418 g/mol. The van der Waals surface area contributed by atoms with Crippen molar-refractivity contribution in [3.8, 4) is 5.75 Å². The number of para-hydroxylation sites is 1. The van der Waals surface area contributed by atoms with Crippen LogP contribution in [0.3, 0.4) is 0 Å². The predicted molar refractivity (Wildman–Crippen MR) is 123 cm³/mol. The molecule has 2 amide bonds. The van der Waals surface area contributed by atoms with Crippen molar-refractivity contribution in [3.05, 3.63) is 82.2 Å². The molecule has 1 aliphatic heterocycles. The summed E-state index contributed by atoms with van der Waals surface area (Å²) in [4.78, 5) is 12.8. The summed E-state index contributed by atoms with van der Waals surface area (Å²) >= 11 is 7.55. The highest BCUT2D eigenvalue weighted by atomic mass is 35.5. The van der Waals surface area contributed by atoms with Gasteiger partial charge in [0.25, 0.3) is 0 Å². The number of rotatable bonds is 6. The second kappa shape index (κ2) is 9.32.